The third-order valence-electron chi connectivity index (χ3n) is 5.35. The Morgan fingerprint density at radius 1 is 0.974 bits per heavy atom. The number of pyridine rings is 1. The van der Waals surface area contributed by atoms with Gasteiger partial charge in [-0.15, -0.1) is 0 Å². The van der Waals surface area contributed by atoms with Crippen LogP contribution >= 0.6 is 46.4 Å². The second-order valence-corrected chi connectivity index (χ2v) is 10.0. The summed E-state index contributed by atoms with van der Waals surface area (Å²) in [5.41, 5.74) is 0.954. The average Bonchev–Trinajstić information content (AvgIpc) is 2.90. The van der Waals surface area contributed by atoms with E-state index in [4.69, 9.17) is 60.6 Å². The van der Waals surface area contributed by atoms with Crippen LogP contribution in [0, 0.1) is 10.1 Å². The SMILES string of the molecule is O=C(CC(C[N+](=O)[O-])c1ccccn1)c1ccc(OCCCOc2c(Cl)cc(OCC=C(Cl)Cl)cc2Cl)cc1. The van der Waals surface area contributed by atoms with E-state index in [0.717, 1.165) is 0 Å². The Labute approximate surface area is 245 Å². The highest BCUT2D eigenvalue weighted by molar-refractivity contribution is 6.55. The topological polar surface area (TPSA) is 101 Å². The Morgan fingerprint density at radius 3 is 2.28 bits per heavy atom. The summed E-state index contributed by atoms with van der Waals surface area (Å²) in [6.45, 7) is 0.433. The number of Topliss-reactive ketones (excluding diaryl/α,β-unsaturated/α-hetero) is 1. The predicted octanol–water partition coefficient (Wildman–Crippen LogP) is 7.57. The van der Waals surface area contributed by atoms with E-state index in [2.05, 4.69) is 4.98 Å². The average molecular weight is 614 g/mol. The first-order valence-electron chi connectivity index (χ1n) is 11.8. The van der Waals surface area contributed by atoms with E-state index in [1.165, 1.54) is 6.08 Å². The molecule has 0 bridgehead atoms. The molecule has 1 atom stereocenters. The smallest absolute Gasteiger partial charge is 0.212 e. The molecule has 0 N–H and O–H groups in total. The van der Waals surface area contributed by atoms with Crippen LogP contribution in [0.1, 0.15) is 34.8 Å². The lowest BCUT2D eigenvalue weighted by molar-refractivity contribution is -0.483. The lowest BCUT2D eigenvalue weighted by Crippen LogP contribution is -2.17. The summed E-state index contributed by atoms with van der Waals surface area (Å²) in [5.74, 6) is 0.528. The van der Waals surface area contributed by atoms with E-state index in [-0.39, 0.29) is 29.8 Å². The van der Waals surface area contributed by atoms with Crippen LogP contribution in [-0.2, 0) is 0 Å². The summed E-state index contributed by atoms with van der Waals surface area (Å²) >= 11 is 23.6. The number of carbonyl (C=O) groups excluding carboxylic acids is 1. The van der Waals surface area contributed by atoms with Crippen LogP contribution in [0.25, 0.3) is 0 Å². The van der Waals surface area contributed by atoms with Crippen LogP contribution < -0.4 is 14.2 Å². The summed E-state index contributed by atoms with van der Waals surface area (Å²) in [6, 6.07) is 14.9. The van der Waals surface area contributed by atoms with Gasteiger partial charge in [-0.1, -0.05) is 52.5 Å². The molecule has 0 saturated carbocycles. The first-order valence-corrected chi connectivity index (χ1v) is 13.3. The molecule has 2 aromatic carbocycles. The number of hydrogen-bond acceptors (Lipinski definition) is 7. The number of aromatic nitrogens is 1. The minimum atomic E-state index is -0.609. The van der Waals surface area contributed by atoms with Crippen molar-refractivity contribution in [1.82, 2.24) is 4.98 Å². The number of ether oxygens (including phenoxy) is 3. The van der Waals surface area contributed by atoms with Crippen LogP contribution in [0.4, 0.5) is 0 Å². The molecule has 0 spiro atoms. The molecular formula is C27H24Cl4N2O6. The molecule has 0 radical (unpaired) electrons. The first kappa shape index (κ1) is 30.5. The van der Waals surface area contributed by atoms with Crippen molar-refractivity contribution in [2.24, 2.45) is 0 Å². The van der Waals surface area contributed by atoms with E-state index < -0.39 is 10.8 Å². The fourth-order valence-corrected chi connectivity index (χ4v) is 4.22. The summed E-state index contributed by atoms with van der Waals surface area (Å²) in [4.78, 5) is 27.6. The van der Waals surface area contributed by atoms with E-state index in [1.807, 2.05) is 0 Å². The van der Waals surface area contributed by atoms with Crippen LogP contribution in [0.5, 0.6) is 17.2 Å². The molecule has 0 aliphatic rings. The molecule has 3 rings (SSSR count). The maximum atomic E-state index is 12.8. The number of benzene rings is 2. The van der Waals surface area contributed by atoms with Gasteiger partial charge >= 0.3 is 0 Å². The minimum Gasteiger partial charge on any atom is -0.493 e. The van der Waals surface area contributed by atoms with Gasteiger partial charge < -0.3 is 14.2 Å². The number of ketones is 1. The number of nitro groups is 1. The van der Waals surface area contributed by atoms with Gasteiger partial charge in [-0.25, -0.2) is 0 Å². The van der Waals surface area contributed by atoms with Crippen molar-refractivity contribution in [1.29, 1.82) is 0 Å². The van der Waals surface area contributed by atoms with Crippen molar-refractivity contribution in [2.75, 3.05) is 26.4 Å². The van der Waals surface area contributed by atoms with Gasteiger partial charge in [0.15, 0.2) is 11.5 Å². The Bertz CT molecular complexity index is 1260. The Morgan fingerprint density at radius 2 is 1.67 bits per heavy atom. The Hall–Kier alpha value is -3.04. The standard InChI is InChI=1S/C27H24Cl4N2O6/c28-22-15-21(38-13-9-26(30)31)16-23(29)27(22)39-12-3-11-37-20-7-5-18(6-8-20)25(34)14-19(17-33(35)36)24-4-1-2-10-32-24/h1-2,4-10,15-16,19H,3,11-14,17H2. The minimum absolute atomic E-state index is 0.0213. The third kappa shape index (κ3) is 10.2. The molecule has 3 aromatic rings. The van der Waals surface area contributed by atoms with Gasteiger partial charge in [0.1, 0.15) is 22.6 Å². The molecule has 8 nitrogen and oxygen atoms in total. The largest absolute Gasteiger partial charge is 0.493 e. The van der Waals surface area contributed by atoms with Gasteiger partial charge in [0.25, 0.3) is 0 Å². The van der Waals surface area contributed by atoms with Gasteiger partial charge in [-0.2, -0.15) is 0 Å². The zero-order chi connectivity index (χ0) is 28.2. The Kier molecular flexibility index (Phi) is 12.1. The highest BCUT2D eigenvalue weighted by atomic mass is 35.5. The molecule has 0 amide bonds. The second-order valence-electron chi connectivity index (χ2n) is 8.19. The normalized spacial score (nSPS) is 11.4. The maximum Gasteiger partial charge on any atom is 0.212 e. The molecule has 12 heteroatoms. The number of halogens is 4. The monoisotopic (exact) mass is 612 g/mol. The van der Waals surface area contributed by atoms with Crippen molar-refractivity contribution < 1.29 is 23.9 Å². The molecule has 1 heterocycles. The molecular weight excluding hydrogens is 590 g/mol. The molecule has 39 heavy (non-hydrogen) atoms. The second kappa shape index (κ2) is 15.5. The maximum absolute atomic E-state index is 12.8. The van der Waals surface area contributed by atoms with Crippen LogP contribution in [0.3, 0.4) is 0 Å². The van der Waals surface area contributed by atoms with E-state index in [0.29, 0.717) is 58.2 Å². The molecule has 0 aliphatic carbocycles. The fraction of sp³-hybridized carbons (Fsp3) is 0.259. The zero-order valence-electron chi connectivity index (χ0n) is 20.5. The zero-order valence-corrected chi connectivity index (χ0v) is 23.6. The van der Waals surface area contributed by atoms with Gasteiger partial charge in [-0.3, -0.25) is 19.9 Å². The number of nitrogens with zero attached hydrogens (tertiary/aromatic N) is 2. The van der Waals surface area contributed by atoms with Gasteiger partial charge in [0.2, 0.25) is 6.54 Å². The van der Waals surface area contributed by atoms with Crippen molar-refractivity contribution in [3.8, 4) is 17.2 Å². The van der Waals surface area contributed by atoms with E-state index in [9.17, 15) is 14.9 Å². The molecule has 0 fully saturated rings. The highest BCUT2D eigenvalue weighted by Gasteiger charge is 2.23. The first-order chi connectivity index (χ1) is 18.7. The van der Waals surface area contributed by atoms with Crippen molar-refractivity contribution >= 4 is 52.2 Å². The Balaban J connectivity index is 1.45. The van der Waals surface area contributed by atoms with Crippen molar-refractivity contribution in [3.05, 3.63) is 103 Å². The van der Waals surface area contributed by atoms with Gasteiger partial charge in [0.05, 0.1) is 34.9 Å². The number of hydrogen-bond donors (Lipinski definition) is 0. The van der Waals surface area contributed by atoms with Crippen LogP contribution in [0.15, 0.2) is 71.4 Å². The lowest BCUT2D eigenvalue weighted by atomic mass is 9.95. The summed E-state index contributed by atoms with van der Waals surface area (Å²) in [5, 5.41) is 11.7. The van der Waals surface area contributed by atoms with Crippen molar-refractivity contribution in [2.45, 2.75) is 18.8 Å². The summed E-state index contributed by atoms with van der Waals surface area (Å²) in [7, 11) is 0. The fourth-order valence-electron chi connectivity index (χ4n) is 3.52. The molecule has 1 aromatic heterocycles. The highest BCUT2D eigenvalue weighted by Crippen LogP contribution is 2.37. The molecule has 206 valence electrons. The quantitative estimate of drug-likeness (QED) is 0.0754. The molecule has 1 unspecified atom stereocenters. The van der Waals surface area contributed by atoms with Crippen LogP contribution in [-0.4, -0.2) is 42.1 Å². The van der Waals surface area contributed by atoms with Crippen LogP contribution in [0.2, 0.25) is 10.0 Å². The summed E-state index contributed by atoms with van der Waals surface area (Å²) in [6.07, 6.45) is 3.56. The van der Waals surface area contributed by atoms with E-state index >= 15 is 0 Å². The van der Waals surface area contributed by atoms with Gasteiger partial charge in [-0.05, 0) is 42.5 Å². The molecule has 0 saturated heterocycles. The number of carbonyl (C=O) groups is 1. The van der Waals surface area contributed by atoms with E-state index in [1.54, 1.807) is 60.8 Å². The summed E-state index contributed by atoms with van der Waals surface area (Å²) < 4.78 is 17.0. The lowest BCUT2D eigenvalue weighted by Gasteiger charge is -2.13. The predicted molar refractivity (Wildman–Crippen MR) is 152 cm³/mol. The van der Waals surface area contributed by atoms with Crippen molar-refractivity contribution in [3.63, 3.8) is 0 Å². The number of rotatable bonds is 15. The third-order valence-corrected chi connectivity index (χ3v) is 6.22. The van der Waals surface area contributed by atoms with Gasteiger partial charge in [0, 0.05) is 41.7 Å². The molecule has 0 aliphatic heterocycles.